The first-order chi connectivity index (χ1) is 16.9. The van der Waals surface area contributed by atoms with E-state index in [1.165, 1.54) is 0 Å². The van der Waals surface area contributed by atoms with Gasteiger partial charge >= 0.3 is 0 Å². The van der Waals surface area contributed by atoms with Crippen LogP contribution in [0.3, 0.4) is 0 Å². The zero-order valence-corrected chi connectivity index (χ0v) is 19.0. The number of amidine groups is 1. The van der Waals surface area contributed by atoms with Crippen LogP contribution in [-0.4, -0.2) is 27.6 Å². The lowest BCUT2D eigenvalue weighted by molar-refractivity contribution is -0.122. The van der Waals surface area contributed by atoms with Gasteiger partial charge < -0.3 is 21.8 Å². The van der Waals surface area contributed by atoms with E-state index in [1.807, 2.05) is 42.5 Å². The lowest BCUT2D eigenvalue weighted by atomic mass is 9.97. The molecule has 8 heteroatoms. The van der Waals surface area contributed by atoms with Gasteiger partial charge in [-0.1, -0.05) is 66.7 Å². The molecule has 7 N–H and O–H groups in total. The molecule has 1 aromatic heterocycles. The minimum absolute atomic E-state index is 0.00130. The standard InChI is InChI=1S/C27H26N6O2/c28-24(29)20-8-6-18(7-9-20)15-32-27(35)22(14-17-4-2-1-3-5-17)26-31-16-23(33-26)19-10-12-21(13-11-19)25(30)34/h1-13,16,22H,14-15H2,(H3,28,29)(H2,30,34)(H,31,33)(H,32,35). The molecule has 4 aromatic rings. The van der Waals surface area contributed by atoms with Crippen LogP contribution in [0.15, 0.2) is 85.1 Å². The van der Waals surface area contributed by atoms with Crippen molar-refractivity contribution in [1.29, 1.82) is 5.41 Å². The topological polar surface area (TPSA) is 151 Å². The Morgan fingerprint density at radius 2 is 1.54 bits per heavy atom. The second-order valence-electron chi connectivity index (χ2n) is 8.19. The molecule has 0 saturated heterocycles. The highest BCUT2D eigenvalue weighted by atomic mass is 16.2. The summed E-state index contributed by atoms with van der Waals surface area (Å²) in [6.45, 7) is 0.338. The molecular weight excluding hydrogens is 440 g/mol. The molecule has 2 amide bonds. The van der Waals surface area contributed by atoms with Crippen LogP contribution in [-0.2, 0) is 17.8 Å². The number of hydrogen-bond donors (Lipinski definition) is 5. The van der Waals surface area contributed by atoms with Crippen LogP contribution in [0.25, 0.3) is 11.3 Å². The average Bonchev–Trinajstić information content (AvgIpc) is 3.37. The Morgan fingerprint density at radius 1 is 0.886 bits per heavy atom. The van der Waals surface area contributed by atoms with Crippen molar-refractivity contribution in [3.05, 3.63) is 113 Å². The fourth-order valence-corrected chi connectivity index (χ4v) is 3.75. The van der Waals surface area contributed by atoms with E-state index in [9.17, 15) is 9.59 Å². The summed E-state index contributed by atoms with van der Waals surface area (Å²) in [5, 5.41) is 10.5. The van der Waals surface area contributed by atoms with E-state index in [4.69, 9.17) is 16.9 Å². The molecule has 35 heavy (non-hydrogen) atoms. The van der Waals surface area contributed by atoms with Gasteiger partial charge in [-0.25, -0.2) is 4.98 Å². The summed E-state index contributed by atoms with van der Waals surface area (Å²) in [5.74, 6) is -0.631. The normalized spacial score (nSPS) is 11.5. The van der Waals surface area contributed by atoms with Gasteiger partial charge in [0, 0.05) is 17.7 Å². The minimum Gasteiger partial charge on any atom is -0.384 e. The fraction of sp³-hybridized carbons (Fsp3) is 0.111. The summed E-state index contributed by atoms with van der Waals surface area (Å²) in [6, 6.07) is 23.8. The van der Waals surface area contributed by atoms with Gasteiger partial charge in [-0.2, -0.15) is 0 Å². The van der Waals surface area contributed by atoms with Gasteiger partial charge in [0.2, 0.25) is 11.8 Å². The Hall–Kier alpha value is -4.72. The summed E-state index contributed by atoms with van der Waals surface area (Å²) in [7, 11) is 0. The van der Waals surface area contributed by atoms with Gasteiger partial charge in [0.25, 0.3) is 0 Å². The summed E-state index contributed by atoms with van der Waals surface area (Å²) in [6.07, 6.45) is 2.16. The molecule has 0 aliphatic heterocycles. The average molecular weight is 467 g/mol. The summed E-state index contributed by atoms with van der Waals surface area (Å²) >= 11 is 0. The number of primary amides is 1. The molecule has 1 atom stereocenters. The van der Waals surface area contributed by atoms with Gasteiger partial charge in [-0.05, 0) is 35.2 Å². The van der Waals surface area contributed by atoms with Crippen LogP contribution in [0.2, 0.25) is 0 Å². The number of H-pyrrole nitrogens is 1. The maximum atomic E-state index is 13.3. The number of nitrogen functional groups attached to an aromatic ring is 1. The van der Waals surface area contributed by atoms with Crippen molar-refractivity contribution in [3.8, 4) is 11.3 Å². The SMILES string of the molecule is N=C(N)c1ccc(CNC(=O)C(Cc2ccccc2)c2ncc(-c3ccc(C(N)=O)cc3)[nH]2)cc1. The molecule has 0 saturated carbocycles. The van der Waals surface area contributed by atoms with Crippen LogP contribution >= 0.6 is 0 Å². The highest BCUT2D eigenvalue weighted by molar-refractivity contribution is 5.95. The van der Waals surface area contributed by atoms with Crippen molar-refractivity contribution in [2.24, 2.45) is 11.5 Å². The lowest BCUT2D eigenvalue weighted by Crippen LogP contribution is -2.31. The number of carbonyl (C=O) groups is 2. The van der Waals surface area contributed by atoms with Crippen LogP contribution < -0.4 is 16.8 Å². The van der Waals surface area contributed by atoms with E-state index in [0.29, 0.717) is 29.9 Å². The van der Waals surface area contributed by atoms with Gasteiger partial charge in [0.05, 0.1) is 17.8 Å². The number of aromatic amines is 1. The first-order valence-electron chi connectivity index (χ1n) is 11.1. The quantitative estimate of drug-likeness (QED) is 0.190. The molecule has 4 rings (SSSR count). The van der Waals surface area contributed by atoms with E-state index in [-0.39, 0.29) is 11.7 Å². The van der Waals surface area contributed by atoms with E-state index >= 15 is 0 Å². The largest absolute Gasteiger partial charge is 0.384 e. The molecular formula is C27H26N6O2. The van der Waals surface area contributed by atoms with Crippen molar-refractivity contribution in [3.63, 3.8) is 0 Å². The van der Waals surface area contributed by atoms with Gasteiger partial charge in [0.15, 0.2) is 0 Å². The summed E-state index contributed by atoms with van der Waals surface area (Å²) in [5.41, 5.74) is 15.4. The monoisotopic (exact) mass is 466 g/mol. The Kier molecular flexibility index (Phi) is 7.02. The van der Waals surface area contributed by atoms with E-state index < -0.39 is 11.8 Å². The smallest absolute Gasteiger partial charge is 0.248 e. The van der Waals surface area contributed by atoms with E-state index in [1.54, 1.807) is 42.6 Å². The van der Waals surface area contributed by atoms with Crippen molar-refractivity contribution >= 4 is 17.6 Å². The highest BCUT2D eigenvalue weighted by Crippen LogP contribution is 2.24. The molecule has 176 valence electrons. The molecule has 0 fully saturated rings. The van der Waals surface area contributed by atoms with Gasteiger partial charge in [0.1, 0.15) is 11.7 Å². The van der Waals surface area contributed by atoms with Crippen LogP contribution in [0.5, 0.6) is 0 Å². The molecule has 0 aliphatic rings. The van der Waals surface area contributed by atoms with E-state index in [0.717, 1.165) is 22.4 Å². The van der Waals surface area contributed by atoms with Crippen molar-refractivity contribution in [1.82, 2.24) is 15.3 Å². The third kappa shape index (κ3) is 5.80. The highest BCUT2D eigenvalue weighted by Gasteiger charge is 2.24. The van der Waals surface area contributed by atoms with Crippen LogP contribution in [0, 0.1) is 5.41 Å². The Morgan fingerprint density at radius 3 is 2.17 bits per heavy atom. The maximum Gasteiger partial charge on any atom is 0.248 e. The molecule has 8 nitrogen and oxygen atoms in total. The van der Waals surface area contributed by atoms with Crippen LogP contribution in [0.1, 0.15) is 38.8 Å². The van der Waals surface area contributed by atoms with E-state index in [2.05, 4.69) is 15.3 Å². The minimum atomic E-state index is -0.535. The predicted octanol–water partition coefficient (Wildman–Crippen LogP) is 3.10. The molecule has 0 spiro atoms. The Labute approximate surface area is 202 Å². The first-order valence-corrected chi connectivity index (χ1v) is 11.1. The van der Waals surface area contributed by atoms with Gasteiger partial charge in [-0.15, -0.1) is 0 Å². The number of benzene rings is 3. The predicted molar refractivity (Wildman–Crippen MR) is 135 cm³/mol. The number of aromatic nitrogens is 2. The van der Waals surface area contributed by atoms with Crippen molar-refractivity contribution in [2.45, 2.75) is 18.9 Å². The fourth-order valence-electron chi connectivity index (χ4n) is 3.75. The third-order valence-electron chi connectivity index (χ3n) is 5.74. The second kappa shape index (κ2) is 10.5. The number of carbonyl (C=O) groups excluding carboxylic acids is 2. The lowest BCUT2D eigenvalue weighted by Gasteiger charge is -2.15. The van der Waals surface area contributed by atoms with Crippen molar-refractivity contribution in [2.75, 3.05) is 0 Å². The molecule has 3 aromatic carbocycles. The Bertz CT molecular complexity index is 1330. The zero-order valence-electron chi connectivity index (χ0n) is 19.0. The first kappa shape index (κ1) is 23.4. The number of rotatable bonds is 9. The number of amides is 2. The molecule has 1 unspecified atom stereocenters. The van der Waals surface area contributed by atoms with Crippen molar-refractivity contribution < 1.29 is 9.59 Å². The number of hydrogen-bond acceptors (Lipinski definition) is 4. The molecule has 0 aliphatic carbocycles. The number of nitrogens with one attached hydrogen (secondary N) is 3. The zero-order chi connectivity index (χ0) is 24.8. The molecule has 0 radical (unpaired) electrons. The summed E-state index contributed by atoms with van der Waals surface area (Å²) in [4.78, 5) is 32.4. The number of nitrogens with two attached hydrogens (primary N) is 2. The third-order valence-corrected chi connectivity index (χ3v) is 5.74. The second-order valence-corrected chi connectivity index (χ2v) is 8.19. The van der Waals surface area contributed by atoms with Gasteiger partial charge in [-0.3, -0.25) is 15.0 Å². The molecule has 1 heterocycles. The molecule has 0 bridgehead atoms. The maximum absolute atomic E-state index is 13.3. The summed E-state index contributed by atoms with van der Waals surface area (Å²) < 4.78 is 0. The van der Waals surface area contributed by atoms with Crippen LogP contribution in [0.4, 0.5) is 0 Å². The number of nitrogens with zero attached hydrogens (tertiary/aromatic N) is 1. The number of imidazole rings is 1. The Balaban J connectivity index is 1.54.